The van der Waals surface area contributed by atoms with Crippen molar-refractivity contribution in [3.8, 4) is 0 Å². The van der Waals surface area contributed by atoms with Crippen LogP contribution in [0, 0.1) is 0 Å². The van der Waals surface area contributed by atoms with Gasteiger partial charge in [-0.3, -0.25) is 4.79 Å². The normalized spacial score (nSPS) is 15.6. The van der Waals surface area contributed by atoms with Gasteiger partial charge in [0.1, 0.15) is 6.61 Å². The van der Waals surface area contributed by atoms with Gasteiger partial charge in [-0.05, 0) is 18.9 Å². The van der Waals surface area contributed by atoms with E-state index in [2.05, 4.69) is 15.9 Å². The van der Waals surface area contributed by atoms with Crippen LogP contribution in [0.3, 0.4) is 0 Å². The fourth-order valence-corrected chi connectivity index (χ4v) is 2.36. The second-order valence-corrected chi connectivity index (χ2v) is 4.86. The fraction of sp³-hybridized carbons (Fsp3) is 0.462. The zero-order valence-electron chi connectivity index (χ0n) is 9.69. The number of alkyl halides is 1. The van der Waals surface area contributed by atoms with Crippen LogP contribution in [0.4, 0.5) is 5.69 Å². The Morgan fingerprint density at radius 3 is 2.88 bits per heavy atom. The molecule has 0 bridgehead atoms. The van der Waals surface area contributed by atoms with E-state index in [1.54, 1.807) is 0 Å². The number of carbonyl (C=O) groups excluding carboxylic acids is 1. The van der Waals surface area contributed by atoms with Crippen molar-refractivity contribution in [2.24, 2.45) is 0 Å². The Morgan fingerprint density at radius 2 is 2.06 bits per heavy atom. The first kappa shape index (κ1) is 12.6. The summed E-state index contributed by atoms with van der Waals surface area (Å²) in [6, 6.07) is 7.96. The van der Waals surface area contributed by atoms with Crippen LogP contribution in [0.5, 0.6) is 0 Å². The van der Waals surface area contributed by atoms with Crippen molar-refractivity contribution in [2.45, 2.75) is 19.4 Å². The van der Waals surface area contributed by atoms with Crippen LogP contribution in [0.15, 0.2) is 24.3 Å². The number of rotatable bonds is 4. The van der Waals surface area contributed by atoms with Gasteiger partial charge in [0.25, 0.3) is 5.91 Å². The number of ether oxygens (including phenoxy) is 1. The molecule has 0 N–H and O–H groups in total. The van der Waals surface area contributed by atoms with Crippen molar-refractivity contribution in [3.05, 3.63) is 29.8 Å². The summed E-state index contributed by atoms with van der Waals surface area (Å²) in [5.74, 6) is 0.0597. The molecule has 1 aliphatic heterocycles. The van der Waals surface area contributed by atoms with Crippen LogP contribution in [0.1, 0.15) is 18.4 Å². The van der Waals surface area contributed by atoms with Crippen molar-refractivity contribution < 1.29 is 9.53 Å². The molecule has 0 aliphatic carbocycles. The lowest BCUT2D eigenvalue weighted by atomic mass is 10.1. The second-order valence-electron chi connectivity index (χ2n) is 4.06. The van der Waals surface area contributed by atoms with Gasteiger partial charge in [0.15, 0.2) is 0 Å². The molecule has 92 valence electrons. The smallest absolute Gasteiger partial charge is 0.252 e. The SMILES string of the molecule is O=C1COCc2ccccc2N1CCCCBr. The lowest BCUT2D eigenvalue weighted by molar-refractivity contribution is -0.123. The lowest BCUT2D eigenvalue weighted by Gasteiger charge is -2.22. The minimum absolute atomic E-state index is 0.0597. The molecule has 3 nitrogen and oxygen atoms in total. The highest BCUT2D eigenvalue weighted by molar-refractivity contribution is 9.09. The van der Waals surface area contributed by atoms with Crippen molar-refractivity contribution in [3.63, 3.8) is 0 Å². The van der Waals surface area contributed by atoms with Crippen molar-refractivity contribution in [2.75, 3.05) is 23.4 Å². The summed E-state index contributed by atoms with van der Waals surface area (Å²) in [7, 11) is 0. The molecule has 0 radical (unpaired) electrons. The molecule has 0 saturated heterocycles. The van der Waals surface area contributed by atoms with E-state index in [4.69, 9.17) is 4.74 Å². The van der Waals surface area contributed by atoms with Gasteiger partial charge < -0.3 is 9.64 Å². The number of fused-ring (bicyclic) bond motifs is 1. The first-order chi connectivity index (χ1) is 8.33. The molecule has 4 heteroatoms. The highest BCUT2D eigenvalue weighted by Crippen LogP contribution is 2.24. The minimum Gasteiger partial charge on any atom is -0.367 e. The molecule has 17 heavy (non-hydrogen) atoms. The third-order valence-electron chi connectivity index (χ3n) is 2.83. The van der Waals surface area contributed by atoms with Crippen LogP contribution in [0.25, 0.3) is 0 Å². The maximum Gasteiger partial charge on any atom is 0.252 e. The quantitative estimate of drug-likeness (QED) is 0.632. The average molecular weight is 298 g/mol. The molecule has 1 aromatic rings. The molecule has 1 aromatic carbocycles. The standard InChI is InChI=1S/C13H16BrNO2/c14-7-3-4-8-15-12-6-2-1-5-11(12)9-17-10-13(15)16/h1-2,5-6H,3-4,7-10H2. The summed E-state index contributed by atoms with van der Waals surface area (Å²) >= 11 is 3.41. The zero-order chi connectivity index (χ0) is 12.1. The van der Waals surface area contributed by atoms with Crippen LogP contribution in [-0.2, 0) is 16.1 Å². The van der Waals surface area contributed by atoms with E-state index in [0.717, 1.165) is 36.0 Å². The third kappa shape index (κ3) is 3.07. The van der Waals surface area contributed by atoms with Crippen LogP contribution in [-0.4, -0.2) is 24.4 Å². The number of amides is 1. The van der Waals surface area contributed by atoms with Crippen LogP contribution >= 0.6 is 15.9 Å². The topological polar surface area (TPSA) is 29.5 Å². The highest BCUT2D eigenvalue weighted by Gasteiger charge is 2.21. The Hall–Kier alpha value is -0.870. The molecular weight excluding hydrogens is 282 g/mol. The Morgan fingerprint density at radius 1 is 1.24 bits per heavy atom. The van der Waals surface area contributed by atoms with Gasteiger partial charge in [-0.15, -0.1) is 0 Å². The average Bonchev–Trinajstić information content (AvgIpc) is 2.50. The van der Waals surface area contributed by atoms with Crippen molar-refractivity contribution >= 4 is 27.5 Å². The number of para-hydroxylation sites is 1. The highest BCUT2D eigenvalue weighted by atomic mass is 79.9. The van der Waals surface area contributed by atoms with Gasteiger partial charge >= 0.3 is 0 Å². The first-order valence-electron chi connectivity index (χ1n) is 5.85. The number of hydrogen-bond donors (Lipinski definition) is 0. The van der Waals surface area contributed by atoms with Crippen LogP contribution in [0.2, 0.25) is 0 Å². The molecule has 0 spiro atoms. The molecule has 1 heterocycles. The Kier molecular flexibility index (Phi) is 4.57. The predicted molar refractivity (Wildman–Crippen MR) is 71.5 cm³/mol. The number of unbranched alkanes of at least 4 members (excludes halogenated alkanes) is 1. The fourth-order valence-electron chi connectivity index (χ4n) is 1.97. The number of nitrogens with zero attached hydrogens (tertiary/aromatic N) is 1. The maximum absolute atomic E-state index is 12.0. The number of halogens is 1. The Balaban J connectivity index is 2.18. The molecular formula is C13H16BrNO2. The van der Waals surface area contributed by atoms with E-state index in [9.17, 15) is 4.79 Å². The molecule has 2 rings (SSSR count). The summed E-state index contributed by atoms with van der Waals surface area (Å²) in [5.41, 5.74) is 2.10. The number of benzene rings is 1. The van der Waals surface area contributed by atoms with Gasteiger partial charge in [0, 0.05) is 23.1 Å². The molecule has 1 aliphatic rings. The van der Waals surface area contributed by atoms with E-state index < -0.39 is 0 Å². The monoisotopic (exact) mass is 297 g/mol. The summed E-state index contributed by atoms with van der Waals surface area (Å²) in [6.07, 6.45) is 2.08. The van der Waals surface area contributed by atoms with E-state index in [0.29, 0.717) is 6.61 Å². The molecule has 0 saturated carbocycles. The van der Waals surface area contributed by atoms with Crippen molar-refractivity contribution in [1.29, 1.82) is 0 Å². The Bertz CT molecular complexity index is 395. The molecule has 1 amide bonds. The summed E-state index contributed by atoms with van der Waals surface area (Å²) in [6.45, 7) is 1.48. The van der Waals surface area contributed by atoms with Gasteiger partial charge in [0.2, 0.25) is 0 Å². The van der Waals surface area contributed by atoms with Gasteiger partial charge in [-0.1, -0.05) is 34.1 Å². The van der Waals surface area contributed by atoms with E-state index in [1.807, 2.05) is 29.2 Å². The van der Waals surface area contributed by atoms with Gasteiger partial charge in [-0.25, -0.2) is 0 Å². The first-order valence-corrected chi connectivity index (χ1v) is 6.97. The van der Waals surface area contributed by atoms with Crippen LogP contribution < -0.4 is 4.90 Å². The number of anilines is 1. The molecule has 0 aromatic heterocycles. The lowest BCUT2D eigenvalue weighted by Crippen LogP contribution is -2.33. The summed E-state index contributed by atoms with van der Waals surface area (Å²) < 4.78 is 5.37. The minimum atomic E-state index is 0.0597. The largest absolute Gasteiger partial charge is 0.367 e. The second kappa shape index (κ2) is 6.17. The maximum atomic E-state index is 12.0. The zero-order valence-corrected chi connectivity index (χ0v) is 11.3. The number of carbonyl (C=O) groups is 1. The summed E-state index contributed by atoms with van der Waals surface area (Å²) in [4.78, 5) is 13.8. The Labute approximate surface area is 110 Å². The third-order valence-corrected chi connectivity index (χ3v) is 3.39. The molecule has 0 fully saturated rings. The molecule has 0 atom stereocenters. The van der Waals surface area contributed by atoms with Gasteiger partial charge in [0.05, 0.1) is 6.61 Å². The van der Waals surface area contributed by atoms with E-state index >= 15 is 0 Å². The summed E-state index contributed by atoms with van der Waals surface area (Å²) in [5, 5.41) is 0.979. The molecule has 0 unspecified atom stereocenters. The van der Waals surface area contributed by atoms with E-state index in [-0.39, 0.29) is 12.5 Å². The van der Waals surface area contributed by atoms with Gasteiger partial charge in [-0.2, -0.15) is 0 Å². The predicted octanol–water partition coefficient (Wildman–Crippen LogP) is 2.72. The number of hydrogen-bond acceptors (Lipinski definition) is 2. The van der Waals surface area contributed by atoms with Crippen molar-refractivity contribution in [1.82, 2.24) is 0 Å². The van der Waals surface area contributed by atoms with E-state index in [1.165, 1.54) is 0 Å².